The number of nitrogens with one attached hydrogen (secondary N) is 1. The summed E-state index contributed by atoms with van der Waals surface area (Å²) in [5.74, 6) is 0.584. The molecule has 0 saturated carbocycles. The molecule has 0 spiro atoms. The highest BCUT2D eigenvalue weighted by atomic mass is 16.5. The number of benzene rings is 3. The maximum absolute atomic E-state index is 13.4. The standard InChI is InChI=1S/C28H28N4O2/c1-34-25-14-12-22(13-15-25)27-26(20-32(30-27)19-21-8-3-2-4-9-21)28(33)29-23-10-7-11-24(18-23)31-16-5-6-17-31/h2-4,7-15,18,20H,5-6,16-17,19H2,1H3,(H,29,33). The highest BCUT2D eigenvalue weighted by molar-refractivity contribution is 6.08. The van der Waals surface area contributed by atoms with E-state index in [1.54, 1.807) is 7.11 Å². The predicted molar refractivity (Wildman–Crippen MR) is 136 cm³/mol. The Kier molecular flexibility index (Phi) is 6.29. The van der Waals surface area contributed by atoms with Crippen LogP contribution >= 0.6 is 0 Å². The molecule has 4 aromatic rings. The number of methoxy groups -OCH3 is 1. The molecule has 3 aromatic carbocycles. The number of hydrogen-bond donors (Lipinski definition) is 1. The fraction of sp³-hybridized carbons (Fsp3) is 0.214. The first kappa shape index (κ1) is 21.8. The van der Waals surface area contributed by atoms with Crippen molar-refractivity contribution in [3.8, 4) is 17.0 Å². The summed E-state index contributed by atoms with van der Waals surface area (Å²) < 4.78 is 7.11. The van der Waals surface area contributed by atoms with Crippen LogP contribution in [0.4, 0.5) is 11.4 Å². The van der Waals surface area contributed by atoms with Gasteiger partial charge in [-0.1, -0.05) is 36.4 Å². The Balaban J connectivity index is 1.44. The number of ether oxygens (including phenoxy) is 1. The van der Waals surface area contributed by atoms with Gasteiger partial charge in [0.1, 0.15) is 11.4 Å². The van der Waals surface area contributed by atoms with E-state index < -0.39 is 0 Å². The molecule has 6 nitrogen and oxygen atoms in total. The number of nitrogens with zero attached hydrogens (tertiary/aromatic N) is 3. The summed E-state index contributed by atoms with van der Waals surface area (Å²) in [6.07, 6.45) is 4.25. The van der Waals surface area contributed by atoms with E-state index in [4.69, 9.17) is 9.84 Å². The third kappa shape index (κ3) is 4.81. The molecule has 0 atom stereocenters. The fourth-order valence-corrected chi connectivity index (χ4v) is 4.36. The van der Waals surface area contributed by atoms with Crippen molar-refractivity contribution in [2.75, 3.05) is 30.4 Å². The van der Waals surface area contributed by atoms with Gasteiger partial charge in [-0.15, -0.1) is 0 Å². The minimum atomic E-state index is -0.177. The molecule has 0 bridgehead atoms. The Hall–Kier alpha value is -4.06. The van der Waals surface area contributed by atoms with Gasteiger partial charge >= 0.3 is 0 Å². The molecule has 5 rings (SSSR count). The van der Waals surface area contributed by atoms with Crippen LogP contribution in [0.1, 0.15) is 28.8 Å². The molecule has 172 valence electrons. The number of anilines is 2. The van der Waals surface area contributed by atoms with Gasteiger partial charge in [-0.2, -0.15) is 5.10 Å². The monoisotopic (exact) mass is 452 g/mol. The van der Waals surface area contributed by atoms with Crippen LogP contribution in [0.25, 0.3) is 11.3 Å². The van der Waals surface area contributed by atoms with Crippen molar-refractivity contribution in [3.63, 3.8) is 0 Å². The van der Waals surface area contributed by atoms with Gasteiger partial charge in [-0.05, 0) is 60.9 Å². The van der Waals surface area contributed by atoms with Gasteiger partial charge in [0.2, 0.25) is 0 Å². The molecule has 0 radical (unpaired) electrons. The van der Waals surface area contributed by atoms with Crippen molar-refractivity contribution >= 4 is 17.3 Å². The molecule has 1 aromatic heterocycles. The van der Waals surface area contributed by atoms with Crippen molar-refractivity contribution in [1.29, 1.82) is 0 Å². The second-order valence-electron chi connectivity index (χ2n) is 8.50. The lowest BCUT2D eigenvalue weighted by atomic mass is 10.1. The number of hydrogen-bond acceptors (Lipinski definition) is 4. The Bertz CT molecular complexity index is 1260. The molecular formula is C28H28N4O2. The SMILES string of the molecule is COc1ccc(-c2nn(Cc3ccccc3)cc2C(=O)Nc2cccc(N3CCCC3)c2)cc1. The number of aromatic nitrogens is 2. The number of carbonyl (C=O) groups excluding carboxylic acids is 1. The van der Waals surface area contributed by atoms with Crippen molar-refractivity contribution in [1.82, 2.24) is 9.78 Å². The van der Waals surface area contributed by atoms with Gasteiger partial charge in [0.25, 0.3) is 5.91 Å². The first-order valence-electron chi connectivity index (χ1n) is 11.6. The van der Waals surface area contributed by atoms with Crippen LogP contribution in [-0.4, -0.2) is 35.9 Å². The first-order chi connectivity index (χ1) is 16.7. The summed E-state index contributed by atoms with van der Waals surface area (Å²) in [6, 6.07) is 25.8. The average Bonchev–Trinajstić information content (AvgIpc) is 3.56. The van der Waals surface area contributed by atoms with Gasteiger partial charge in [0.15, 0.2) is 0 Å². The maximum atomic E-state index is 13.4. The average molecular weight is 453 g/mol. The molecule has 1 saturated heterocycles. The van der Waals surface area contributed by atoms with Crippen LogP contribution in [0.2, 0.25) is 0 Å². The Morgan fingerprint density at radius 2 is 1.74 bits per heavy atom. The molecular weight excluding hydrogens is 424 g/mol. The molecule has 1 aliphatic rings. The summed E-state index contributed by atoms with van der Waals surface area (Å²) >= 11 is 0. The van der Waals surface area contributed by atoms with Crippen LogP contribution in [0.3, 0.4) is 0 Å². The van der Waals surface area contributed by atoms with Crippen LogP contribution in [0.5, 0.6) is 5.75 Å². The molecule has 34 heavy (non-hydrogen) atoms. The first-order valence-corrected chi connectivity index (χ1v) is 11.6. The maximum Gasteiger partial charge on any atom is 0.259 e. The van der Waals surface area contributed by atoms with Crippen LogP contribution in [0, 0.1) is 0 Å². The fourth-order valence-electron chi connectivity index (χ4n) is 4.36. The van der Waals surface area contributed by atoms with E-state index in [0.717, 1.165) is 41.3 Å². The predicted octanol–water partition coefficient (Wildman–Crippen LogP) is 5.46. The van der Waals surface area contributed by atoms with E-state index in [1.165, 1.54) is 12.8 Å². The zero-order valence-electron chi connectivity index (χ0n) is 19.3. The second-order valence-corrected chi connectivity index (χ2v) is 8.50. The van der Waals surface area contributed by atoms with Crippen LogP contribution in [0.15, 0.2) is 85.1 Å². The highest BCUT2D eigenvalue weighted by Gasteiger charge is 2.19. The molecule has 2 heterocycles. The van der Waals surface area contributed by atoms with Gasteiger partial charge in [0, 0.05) is 36.2 Å². The largest absolute Gasteiger partial charge is 0.497 e. The minimum absolute atomic E-state index is 0.177. The lowest BCUT2D eigenvalue weighted by Gasteiger charge is -2.18. The van der Waals surface area contributed by atoms with Crippen LogP contribution in [-0.2, 0) is 6.54 Å². The number of amides is 1. The van der Waals surface area contributed by atoms with Crippen molar-refractivity contribution in [2.24, 2.45) is 0 Å². The van der Waals surface area contributed by atoms with Gasteiger partial charge < -0.3 is 15.0 Å². The van der Waals surface area contributed by atoms with Gasteiger partial charge in [-0.25, -0.2) is 0 Å². The molecule has 1 aliphatic heterocycles. The topological polar surface area (TPSA) is 59.4 Å². The summed E-state index contributed by atoms with van der Waals surface area (Å²) in [5, 5.41) is 7.87. The second kappa shape index (κ2) is 9.83. The zero-order valence-corrected chi connectivity index (χ0v) is 19.3. The lowest BCUT2D eigenvalue weighted by molar-refractivity contribution is 0.102. The molecule has 0 unspecified atom stereocenters. The Labute approximate surface area is 199 Å². The number of rotatable bonds is 7. The molecule has 0 aliphatic carbocycles. The van der Waals surface area contributed by atoms with Crippen molar-refractivity contribution in [2.45, 2.75) is 19.4 Å². The van der Waals surface area contributed by atoms with Crippen molar-refractivity contribution in [3.05, 3.63) is 96.2 Å². The van der Waals surface area contributed by atoms with E-state index >= 15 is 0 Å². The molecule has 1 N–H and O–H groups in total. The van der Waals surface area contributed by atoms with Gasteiger partial charge in [0.05, 0.1) is 19.2 Å². The van der Waals surface area contributed by atoms with Crippen molar-refractivity contribution < 1.29 is 9.53 Å². The Morgan fingerprint density at radius 3 is 2.47 bits per heavy atom. The van der Waals surface area contributed by atoms with E-state index in [9.17, 15) is 4.79 Å². The summed E-state index contributed by atoms with van der Waals surface area (Å²) in [6.45, 7) is 2.71. The summed E-state index contributed by atoms with van der Waals surface area (Å²) in [4.78, 5) is 15.8. The summed E-state index contributed by atoms with van der Waals surface area (Å²) in [7, 11) is 1.64. The van der Waals surface area contributed by atoms with E-state index in [0.29, 0.717) is 17.8 Å². The molecule has 1 amide bonds. The normalized spacial score (nSPS) is 13.1. The quantitative estimate of drug-likeness (QED) is 0.405. The zero-order chi connectivity index (χ0) is 23.3. The Morgan fingerprint density at radius 1 is 0.971 bits per heavy atom. The summed E-state index contributed by atoms with van der Waals surface area (Å²) in [5.41, 5.74) is 5.09. The van der Waals surface area contributed by atoms with Crippen LogP contribution < -0.4 is 15.0 Å². The smallest absolute Gasteiger partial charge is 0.259 e. The highest BCUT2D eigenvalue weighted by Crippen LogP contribution is 2.27. The van der Waals surface area contributed by atoms with E-state index in [2.05, 4.69) is 28.4 Å². The lowest BCUT2D eigenvalue weighted by Crippen LogP contribution is -2.18. The molecule has 1 fully saturated rings. The third-order valence-electron chi connectivity index (χ3n) is 6.13. The minimum Gasteiger partial charge on any atom is -0.497 e. The number of carbonyl (C=O) groups is 1. The van der Waals surface area contributed by atoms with E-state index in [1.807, 2.05) is 71.5 Å². The molecule has 6 heteroatoms. The third-order valence-corrected chi connectivity index (χ3v) is 6.13. The van der Waals surface area contributed by atoms with Gasteiger partial charge in [-0.3, -0.25) is 9.48 Å². The van der Waals surface area contributed by atoms with E-state index in [-0.39, 0.29) is 5.91 Å².